The van der Waals surface area contributed by atoms with Crippen LogP contribution in [0.15, 0.2) is 24.3 Å². The lowest BCUT2D eigenvalue weighted by molar-refractivity contribution is -0.154. The molecule has 3 atom stereocenters. The van der Waals surface area contributed by atoms with E-state index in [2.05, 4.69) is 0 Å². The van der Waals surface area contributed by atoms with E-state index in [1.54, 1.807) is 0 Å². The average Bonchev–Trinajstić information content (AvgIpc) is 2.88. The molecule has 2 saturated heterocycles. The number of benzene rings is 1. The Labute approximate surface area is 105 Å². The van der Waals surface area contributed by atoms with E-state index in [1.807, 2.05) is 24.3 Å². The molecule has 1 saturated carbocycles. The molecule has 0 N–H and O–H groups in total. The Morgan fingerprint density at radius 1 is 1.59 bits per heavy atom. The van der Waals surface area contributed by atoms with Crippen molar-refractivity contribution in [3.8, 4) is 0 Å². The molecule has 0 aromatic heterocycles. The smallest absolute Gasteiger partial charge is 0.312 e. The highest BCUT2D eigenvalue weighted by molar-refractivity contribution is 6.30. The highest BCUT2D eigenvalue weighted by Crippen LogP contribution is 2.56. The van der Waals surface area contributed by atoms with Gasteiger partial charge in [-0.3, -0.25) is 4.79 Å². The van der Waals surface area contributed by atoms with E-state index in [-0.39, 0.29) is 23.4 Å². The van der Waals surface area contributed by atoms with Crippen LogP contribution in [-0.4, -0.2) is 25.8 Å². The Morgan fingerprint density at radius 2 is 2.41 bits per heavy atom. The van der Waals surface area contributed by atoms with Gasteiger partial charge in [0.05, 0.1) is 25.7 Å². The topological polar surface area (TPSA) is 35.5 Å². The Morgan fingerprint density at radius 3 is 3.06 bits per heavy atom. The van der Waals surface area contributed by atoms with E-state index in [1.165, 1.54) is 7.11 Å². The molecule has 3 unspecified atom stereocenters. The Hall–Kier alpha value is -1.06. The third kappa shape index (κ3) is 1.42. The summed E-state index contributed by atoms with van der Waals surface area (Å²) < 4.78 is 10.5. The number of halogens is 1. The van der Waals surface area contributed by atoms with Gasteiger partial charge in [-0.1, -0.05) is 23.7 Å². The second-order valence-electron chi connectivity index (χ2n) is 4.72. The van der Waals surface area contributed by atoms with Crippen molar-refractivity contribution >= 4 is 17.6 Å². The summed E-state index contributed by atoms with van der Waals surface area (Å²) in [5, 5.41) is 0.691. The normalized spacial score (nSPS) is 34.2. The fraction of sp³-hybridized carbons (Fsp3) is 0.462. The fourth-order valence-electron chi connectivity index (χ4n) is 3.04. The average molecular weight is 253 g/mol. The highest BCUT2D eigenvalue weighted by atomic mass is 35.5. The Bertz CT molecular complexity index is 469. The Balaban J connectivity index is 1.99. The number of ether oxygens (including phenoxy) is 2. The summed E-state index contributed by atoms with van der Waals surface area (Å²) in [6, 6.07) is 7.67. The molecule has 4 rings (SSSR count). The lowest BCUT2D eigenvalue weighted by Gasteiger charge is -2.43. The number of carbonyl (C=O) groups is 1. The van der Waals surface area contributed by atoms with Crippen LogP contribution in [0.5, 0.6) is 0 Å². The van der Waals surface area contributed by atoms with Gasteiger partial charge in [0.2, 0.25) is 0 Å². The molecule has 3 fully saturated rings. The van der Waals surface area contributed by atoms with Crippen LogP contribution in [0.3, 0.4) is 0 Å². The van der Waals surface area contributed by atoms with Gasteiger partial charge >= 0.3 is 5.97 Å². The molecule has 3 nitrogen and oxygen atoms in total. The van der Waals surface area contributed by atoms with Crippen molar-refractivity contribution < 1.29 is 14.3 Å². The van der Waals surface area contributed by atoms with E-state index in [4.69, 9.17) is 21.1 Å². The van der Waals surface area contributed by atoms with Crippen molar-refractivity contribution in [3.05, 3.63) is 34.9 Å². The largest absolute Gasteiger partial charge is 0.469 e. The number of hydrogen-bond donors (Lipinski definition) is 0. The van der Waals surface area contributed by atoms with Crippen LogP contribution < -0.4 is 0 Å². The number of fused-ring (bicyclic) bond motifs is 1. The quantitative estimate of drug-likeness (QED) is 0.757. The summed E-state index contributed by atoms with van der Waals surface area (Å²) >= 11 is 6.01. The summed E-state index contributed by atoms with van der Waals surface area (Å²) in [7, 11) is 1.42. The van der Waals surface area contributed by atoms with Crippen molar-refractivity contribution in [1.29, 1.82) is 0 Å². The fourth-order valence-corrected chi connectivity index (χ4v) is 3.23. The van der Waals surface area contributed by atoms with E-state index in [0.29, 0.717) is 11.6 Å². The highest BCUT2D eigenvalue weighted by Gasteiger charge is 2.65. The van der Waals surface area contributed by atoms with Gasteiger partial charge in [0.25, 0.3) is 0 Å². The van der Waals surface area contributed by atoms with Gasteiger partial charge in [-0.05, 0) is 24.1 Å². The SMILES string of the molecule is COC(=O)C1C2CC1(c1cccc(Cl)c1)CO2. The monoisotopic (exact) mass is 252 g/mol. The molecular weight excluding hydrogens is 240 g/mol. The predicted molar refractivity (Wildman–Crippen MR) is 63.0 cm³/mol. The maximum atomic E-state index is 11.8. The molecule has 2 aliphatic heterocycles. The van der Waals surface area contributed by atoms with Crippen molar-refractivity contribution in [2.75, 3.05) is 13.7 Å². The summed E-state index contributed by atoms with van der Waals surface area (Å²) in [4.78, 5) is 11.8. The zero-order valence-electron chi connectivity index (χ0n) is 9.48. The minimum Gasteiger partial charge on any atom is -0.469 e. The van der Waals surface area contributed by atoms with Gasteiger partial charge in [0, 0.05) is 10.4 Å². The molecule has 0 spiro atoms. The van der Waals surface area contributed by atoms with Crippen LogP contribution in [0.25, 0.3) is 0 Å². The second kappa shape index (κ2) is 3.72. The predicted octanol–water partition coefficient (Wildman–Crippen LogP) is 2.17. The van der Waals surface area contributed by atoms with E-state index in [0.717, 1.165) is 12.0 Å². The molecule has 0 radical (unpaired) electrons. The van der Waals surface area contributed by atoms with Crippen molar-refractivity contribution in [2.24, 2.45) is 5.92 Å². The van der Waals surface area contributed by atoms with Gasteiger partial charge in [-0.2, -0.15) is 0 Å². The van der Waals surface area contributed by atoms with E-state index >= 15 is 0 Å². The molecule has 4 heteroatoms. The number of rotatable bonds is 2. The van der Waals surface area contributed by atoms with Crippen LogP contribution in [0.1, 0.15) is 12.0 Å². The van der Waals surface area contributed by atoms with Crippen molar-refractivity contribution in [3.63, 3.8) is 0 Å². The van der Waals surface area contributed by atoms with Crippen LogP contribution in [0, 0.1) is 5.92 Å². The molecule has 1 aliphatic carbocycles. The van der Waals surface area contributed by atoms with Crippen LogP contribution >= 0.6 is 11.6 Å². The number of carbonyl (C=O) groups excluding carboxylic acids is 1. The van der Waals surface area contributed by atoms with Crippen LogP contribution in [0.4, 0.5) is 0 Å². The lowest BCUT2D eigenvalue weighted by atomic mass is 9.57. The summed E-state index contributed by atoms with van der Waals surface area (Å²) in [5.41, 5.74) is 0.858. The first-order chi connectivity index (χ1) is 8.17. The minimum atomic E-state index is -0.220. The zero-order valence-corrected chi connectivity index (χ0v) is 10.2. The van der Waals surface area contributed by atoms with Crippen LogP contribution in [0.2, 0.25) is 5.02 Å². The molecule has 0 amide bonds. The summed E-state index contributed by atoms with van der Waals surface area (Å²) in [6.07, 6.45) is 0.897. The van der Waals surface area contributed by atoms with E-state index < -0.39 is 0 Å². The molecule has 1 aromatic carbocycles. The first-order valence-electron chi connectivity index (χ1n) is 5.63. The zero-order chi connectivity index (χ0) is 12.0. The molecule has 2 heterocycles. The lowest BCUT2D eigenvalue weighted by Crippen LogP contribution is -2.52. The molecule has 3 aliphatic rings. The van der Waals surface area contributed by atoms with E-state index in [9.17, 15) is 4.79 Å². The molecule has 1 aromatic rings. The van der Waals surface area contributed by atoms with Gasteiger partial charge < -0.3 is 9.47 Å². The number of methoxy groups -OCH3 is 1. The Kier molecular flexibility index (Phi) is 2.42. The van der Waals surface area contributed by atoms with Crippen molar-refractivity contribution in [2.45, 2.75) is 17.9 Å². The minimum absolute atomic E-state index is 0.0152. The van der Waals surface area contributed by atoms with Gasteiger partial charge in [0.15, 0.2) is 0 Å². The van der Waals surface area contributed by atoms with Gasteiger partial charge in [0.1, 0.15) is 0 Å². The van der Waals surface area contributed by atoms with Gasteiger partial charge in [-0.15, -0.1) is 0 Å². The first kappa shape index (κ1) is 11.1. The maximum Gasteiger partial charge on any atom is 0.312 e. The summed E-state index contributed by atoms with van der Waals surface area (Å²) in [6.45, 7) is 0.581. The molecule has 17 heavy (non-hydrogen) atoms. The molecule has 90 valence electrons. The van der Waals surface area contributed by atoms with Crippen LogP contribution in [-0.2, 0) is 19.7 Å². The standard InChI is InChI=1S/C13H13ClO3/c1-16-12(15)11-10-6-13(11,7-17-10)8-3-2-4-9(14)5-8/h2-5,10-11H,6-7H2,1H3. The number of esters is 1. The van der Waals surface area contributed by atoms with Gasteiger partial charge in [-0.25, -0.2) is 0 Å². The third-order valence-electron chi connectivity index (χ3n) is 3.94. The third-order valence-corrected chi connectivity index (χ3v) is 4.18. The first-order valence-corrected chi connectivity index (χ1v) is 6.01. The van der Waals surface area contributed by atoms with Crippen molar-refractivity contribution in [1.82, 2.24) is 0 Å². The second-order valence-corrected chi connectivity index (χ2v) is 5.16. The molecule has 2 bridgehead atoms. The summed E-state index contributed by atoms with van der Waals surface area (Å²) in [5.74, 6) is -0.357. The maximum absolute atomic E-state index is 11.8. The molecular formula is C13H13ClO3. The number of hydrogen-bond acceptors (Lipinski definition) is 3.